The Hall–Kier alpha value is 0.974. The van der Waals surface area contributed by atoms with Crippen molar-refractivity contribution in [3.05, 3.63) is 13.8 Å². The Labute approximate surface area is 170 Å². The molecule has 0 aromatic rings. The van der Waals surface area contributed by atoms with Crippen LogP contribution in [0.5, 0.6) is 0 Å². The first-order chi connectivity index (χ1) is 8.85. The zero-order valence-corrected chi connectivity index (χ0v) is 19.4. The third kappa shape index (κ3) is 17.2. The second-order valence-electron chi connectivity index (χ2n) is 7.06. The molecule has 21 heavy (non-hydrogen) atoms. The van der Waals surface area contributed by atoms with Crippen molar-refractivity contribution in [2.24, 2.45) is 16.7 Å². The molecule has 3 nitrogen and oxygen atoms in total. The predicted octanol–water partition coefficient (Wildman–Crippen LogP) is 3.86. The van der Waals surface area contributed by atoms with E-state index in [4.69, 9.17) is 0 Å². The maximum absolute atomic E-state index is 11.8. The Morgan fingerprint density at radius 3 is 1.76 bits per heavy atom. The van der Waals surface area contributed by atoms with Crippen molar-refractivity contribution in [3.8, 4) is 0 Å². The van der Waals surface area contributed by atoms with E-state index in [1.54, 1.807) is 0 Å². The quantitative estimate of drug-likeness (QED) is 0.375. The van der Waals surface area contributed by atoms with E-state index in [1.165, 1.54) is 0 Å². The number of carbonyl (C=O) groups is 2. The third-order valence-electron chi connectivity index (χ3n) is 2.41. The van der Waals surface area contributed by atoms with Crippen LogP contribution in [0, 0.1) is 30.6 Å². The standard InChI is InChI=1S/C12H23O.C4H7INO.Y/c1-9(8-11(2,3)4)10(13)12(5,6)7;1-2-6-4(7)3-5;/h9H,1,8H2,2-7H3;1-3H2,(H,6,7);/q2*-1;. The molecule has 1 radical (unpaired) electrons. The first-order valence-corrected chi connectivity index (χ1v) is 8.37. The fraction of sp³-hybridized carbons (Fsp3) is 0.750. The van der Waals surface area contributed by atoms with Gasteiger partial charge in [-0.25, -0.2) is 0 Å². The van der Waals surface area contributed by atoms with Crippen LogP contribution >= 0.6 is 22.6 Å². The molecular formula is C16H30INO2Y-2. The topological polar surface area (TPSA) is 46.2 Å². The summed E-state index contributed by atoms with van der Waals surface area (Å²) in [6.45, 7) is 20.2. The molecular weight excluding hydrogens is 454 g/mol. The number of alkyl halides is 1. The van der Waals surface area contributed by atoms with Gasteiger partial charge in [-0.15, -0.1) is 12.5 Å². The van der Waals surface area contributed by atoms with E-state index in [0.717, 1.165) is 6.42 Å². The summed E-state index contributed by atoms with van der Waals surface area (Å²) in [5.41, 5.74) is -0.0645. The molecule has 1 unspecified atom stereocenters. The van der Waals surface area contributed by atoms with Gasteiger partial charge in [0.25, 0.3) is 0 Å². The van der Waals surface area contributed by atoms with Crippen LogP contribution in [-0.4, -0.2) is 22.7 Å². The van der Waals surface area contributed by atoms with Crippen molar-refractivity contribution < 1.29 is 42.3 Å². The van der Waals surface area contributed by atoms with Crippen LogP contribution in [0.15, 0.2) is 0 Å². The number of halogens is 1. The molecule has 0 saturated carbocycles. The summed E-state index contributed by atoms with van der Waals surface area (Å²) in [6, 6.07) is 0. The molecule has 0 aromatic carbocycles. The van der Waals surface area contributed by atoms with Gasteiger partial charge in [0.2, 0.25) is 5.91 Å². The maximum atomic E-state index is 11.8. The molecule has 5 heteroatoms. The summed E-state index contributed by atoms with van der Waals surface area (Å²) in [4.78, 5) is 22.0. The summed E-state index contributed by atoms with van der Waals surface area (Å²) in [5.74, 6) is 0.248. The van der Waals surface area contributed by atoms with Crippen LogP contribution in [0.1, 0.15) is 48.0 Å². The summed E-state index contributed by atoms with van der Waals surface area (Å²) in [7, 11) is 0. The fourth-order valence-corrected chi connectivity index (χ4v) is 1.90. The number of hydrogen-bond acceptors (Lipinski definition) is 2. The molecule has 0 aliphatic carbocycles. The Kier molecular flexibility index (Phi) is 15.9. The van der Waals surface area contributed by atoms with Crippen molar-refractivity contribution in [1.82, 2.24) is 5.32 Å². The Morgan fingerprint density at radius 2 is 1.57 bits per heavy atom. The van der Waals surface area contributed by atoms with Crippen molar-refractivity contribution in [3.63, 3.8) is 0 Å². The van der Waals surface area contributed by atoms with Crippen LogP contribution in [0.2, 0.25) is 0 Å². The molecule has 123 valence electrons. The molecule has 0 fully saturated rings. The van der Waals surface area contributed by atoms with Gasteiger partial charge in [-0.3, -0.25) is 4.79 Å². The molecule has 0 heterocycles. The van der Waals surface area contributed by atoms with Gasteiger partial charge in [0.15, 0.2) is 0 Å². The number of ketones is 1. The molecule has 0 aliphatic heterocycles. The fourth-order valence-electron chi connectivity index (χ4n) is 1.63. The largest absolute Gasteiger partial charge is 0.386 e. The van der Waals surface area contributed by atoms with Crippen molar-refractivity contribution >= 4 is 34.3 Å². The predicted molar refractivity (Wildman–Crippen MR) is 94.6 cm³/mol. The number of nitrogens with one attached hydrogen (secondary N) is 1. The number of rotatable bonds is 4. The third-order valence-corrected chi connectivity index (χ3v) is 3.11. The zero-order valence-electron chi connectivity index (χ0n) is 14.4. The molecule has 0 bridgehead atoms. The first-order valence-electron chi connectivity index (χ1n) is 6.84. The second kappa shape index (κ2) is 12.4. The van der Waals surface area contributed by atoms with E-state index in [-0.39, 0.29) is 61.1 Å². The van der Waals surface area contributed by atoms with Crippen molar-refractivity contribution in [1.29, 1.82) is 0 Å². The first kappa shape index (κ1) is 26.9. The van der Waals surface area contributed by atoms with Gasteiger partial charge >= 0.3 is 0 Å². The van der Waals surface area contributed by atoms with Crippen LogP contribution in [-0.2, 0) is 42.3 Å². The minimum atomic E-state index is -0.252. The minimum absolute atomic E-state index is 0. The molecule has 0 aliphatic rings. The van der Waals surface area contributed by atoms with Crippen LogP contribution in [0.25, 0.3) is 0 Å². The summed E-state index contributed by atoms with van der Waals surface area (Å²) >= 11 is 2.00. The normalized spacial score (nSPS) is 12.4. The number of amides is 1. The van der Waals surface area contributed by atoms with Gasteiger partial charge in [0, 0.05) is 38.1 Å². The van der Waals surface area contributed by atoms with E-state index < -0.39 is 0 Å². The van der Waals surface area contributed by atoms with Gasteiger partial charge in [0.05, 0.1) is 4.43 Å². The smallest absolute Gasteiger partial charge is 0.227 e. The van der Waals surface area contributed by atoms with Crippen LogP contribution in [0.3, 0.4) is 0 Å². The molecule has 0 spiro atoms. The van der Waals surface area contributed by atoms with E-state index in [1.807, 2.05) is 43.4 Å². The molecule has 1 N–H and O–H groups in total. The zero-order chi connectivity index (χ0) is 16.6. The van der Waals surface area contributed by atoms with Crippen LogP contribution in [0.4, 0.5) is 0 Å². The molecule has 0 rings (SSSR count). The molecule has 0 saturated heterocycles. The van der Waals surface area contributed by atoms with Crippen molar-refractivity contribution in [2.45, 2.75) is 48.0 Å². The Balaban J connectivity index is -0.000000347. The second-order valence-corrected chi connectivity index (χ2v) is 7.82. The van der Waals surface area contributed by atoms with Crippen LogP contribution < -0.4 is 5.32 Å². The van der Waals surface area contributed by atoms with Gasteiger partial charge in [-0.1, -0.05) is 70.6 Å². The molecule has 1 amide bonds. The maximum Gasteiger partial charge on any atom is 0.227 e. The summed E-state index contributed by atoms with van der Waals surface area (Å²) < 4.78 is 0.521. The number of Topliss-reactive ketones (excluding diaryl/α,β-unsaturated/α-hetero) is 1. The van der Waals surface area contributed by atoms with Gasteiger partial charge < -0.3 is 24.0 Å². The van der Waals surface area contributed by atoms with Crippen molar-refractivity contribution in [2.75, 3.05) is 11.0 Å². The van der Waals surface area contributed by atoms with Gasteiger partial charge in [0.1, 0.15) is 5.78 Å². The van der Waals surface area contributed by atoms with E-state index in [2.05, 4.69) is 39.9 Å². The molecule has 1 atom stereocenters. The van der Waals surface area contributed by atoms with E-state index in [9.17, 15) is 9.59 Å². The number of hydrogen-bond donors (Lipinski definition) is 1. The minimum Gasteiger partial charge on any atom is -0.386 e. The number of carbonyl (C=O) groups excluding carboxylic acids is 2. The molecule has 0 aromatic heterocycles. The average molecular weight is 484 g/mol. The SMILES string of the molecule is [CH2-]C(CC(C)(C)C)C(=O)C(C)(C)C.[CH2-]CNC(=O)CI.[Y]. The van der Waals surface area contributed by atoms with E-state index in [0.29, 0.717) is 11.0 Å². The Morgan fingerprint density at radius 1 is 1.14 bits per heavy atom. The van der Waals surface area contributed by atoms with Gasteiger partial charge in [-0.2, -0.15) is 0 Å². The Bertz CT molecular complexity index is 306. The monoisotopic (exact) mass is 484 g/mol. The summed E-state index contributed by atoms with van der Waals surface area (Å²) in [6.07, 6.45) is 0.864. The van der Waals surface area contributed by atoms with Gasteiger partial charge in [-0.05, 0) is 5.41 Å². The average Bonchev–Trinajstić information content (AvgIpc) is 2.25. The van der Waals surface area contributed by atoms with E-state index >= 15 is 0 Å². The summed E-state index contributed by atoms with van der Waals surface area (Å²) in [5, 5.41) is 2.54.